The summed E-state index contributed by atoms with van der Waals surface area (Å²) in [4.78, 5) is 11.4. The fraction of sp³-hybridized carbons (Fsp3) is 0.133. The molecule has 5 heteroatoms. The van der Waals surface area contributed by atoms with Crippen molar-refractivity contribution in [1.82, 2.24) is 0 Å². The smallest absolute Gasteiger partial charge is 0.311 e. The van der Waals surface area contributed by atoms with Crippen LogP contribution in [0.3, 0.4) is 0 Å². The highest BCUT2D eigenvalue weighted by molar-refractivity contribution is 9.10. The predicted octanol–water partition coefficient (Wildman–Crippen LogP) is 4.65. The number of rotatable bonds is 4. The molecule has 0 saturated carbocycles. The Morgan fingerprint density at radius 1 is 1.25 bits per heavy atom. The van der Waals surface area contributed by atoms with Crippen LogP contribution in [0.4, 0.5) is 4.39 Å². The maximum Gasteiger partial charge on any atom is 0.311 e. The standard InChI is InChI=1S/C15H11BrClFO2/c16-11-4-1-10(14(18)8-11)7-13(15(19)20)9-2-5-12(17)6-3-9/h1-6,8,13H,7H2,(H,19,20). The van der Waals surface area contributed by atoms with E-state index in [0.29, 0.717) is 20.6 Å². The molecule has 0 aliphatic carbocycles. The van der Waals surface area contributed by atoms with Crippen molar-refractivity contribution in [2.75, 3.05) is 0 Å². The number of carboxylic acids is 1. The summed E-state index contributed by atoms with van der Waals surface area (Å²) in [7, 11) is 0. The van der Waals surface area contributed by atoms with E-state index in [1.165, 1.54) is 6.07 Å². The van der Waals surface area contributed by atoms with Crippen molar-refractivity contribution >= 4 is 33.5 Å². The summed E-state index contributed by atoms with van der Waals surface area (Å²) >= 11 is 8.96. The van der Waals surface area contributed by atoms with Gasteiger partial charge in [0.1, 0.15) is 5.82 Å². The second-order valence-electron chi connectivity index (χ2n) is 4.38. The van der Waals surface area contributed by atoms with E-state index in [-0.39, 0.29) is 6.42 Å². The molecule has 0 amide bonds. The van der Waals surface area contributed by atoms with E-state index in [0.717, 1.165) is 0 Å². The first kappa shape index (κ1) is 15.0. The highest BCUT2D eigenvalue weighted by atomic mass is 79.9. The summed E-state index contributed by atoms with van der Waals surface area (Å²) in [5.41, 5.74) is 0.972. The summed E-state index contributed by atoms with van der Waals surface area (Å²) in [5, 5.41) is 9.87. The average Bonchev–Trinajstić information content (AvgIpc) is 2.39. The van der Waals surface area contributed by atoms with Crippen molar-refractivity contribution in [1.29, 1.82) is 0 Å². The van der Waals surface area contributed by atoms with Crippen molar-refractivity contribution in [3.05, 3.63) is 68.9 Å². The Kier molecular flexibility index (Phi) is 4.78. The maximum atomic E-state index is 13.8. The lowest BCUT2D eigenvalue weighted by atomic mass is 9.92. The lowest BCUT2D eigenvalue weighted by Gasteiger charge is -2.13. The van der Waals surface area contributed by atoms with Crippen molar-refractivity contribution in [3.8, 4) is 0 Å². The van der Waals surface area contributed by atoms with Crippen LogP contribution in [0.1, 0.15) is 17.0 Å². The van der Waals surface area contributed by atoms with Gasteiger partial charge in [-0.15, -0.1) is 0 Å². The molecule has 20 heavy (non-hydrogen) atoms. The van der Waals surface area contributed by atoms with Crippen LogP contribution in [0.5, 0.6) is 0 Å². The molecule has 2 rings (SSSR count). The van der Waals surface area contributed by atoms with Crippen LogP contribution in [-0.2, 0) is 11.2 Å². The molecule has 0 spiro atoms. The first-order valence-corrected chi connectivity index (χ1v) is 7.06. The van der Waals surface area contributed by atoms with Crippen molar-refractivity contribution in [3.63, 3.8) is 0 Å². The third kappa shape index (κ3) is 3.58. The maximum absolute atomic E-state index is 13.8. The van der Waals surface area contributed by atoms with Crippen LogP contribution in [0.15, 0.2) is 46.9 Å². The fourth-order valence-corrected chi connectivity index (χ4v) is 2.41. The predicted molar refractivity (Wildman–Crippen MR) is 79.6 cm³/mol. The van der Waals surface area contributed by atoms with Gasteiger partial charge in [-0.25, -0.2) is 4.39 Å². The lowest BCUT2D eigenvalue weighted by Crippen LogP contribution is -2.15. The van der Waals surface area contributed by atoms with Gasteiger partial charge in [-0.1, -0.05) is 45.7 Å². The Morgan fingerprint density at radius 2 is 1.90 bits per heavy atom. The molecule has 0 heterocycles. The van der Waals surface area contributed by atoms with Gasteiger partial charge in [0, 0.05) is 9.50 Å². The van der Waals surface area contributed by atoms with Gasteiger partial charge >= 0.3 is 5.97 Å². The monoisotopic (exact) mass is 356 g/mol. The minimum Gasteiger partial charge on any atom is -0.481 e. The molecular formula is C15H11BrClFO2. The van der Waals surface area contributed by atoms with Crippen LogP contribution < -0.4 is 0 Å². The Labute approximate surface area is 129 Å². The van der Waals surface area contributed by atoms with Gasteiger partial charge in [0.2, 0.25) is 0 Å². The molecule has 1 atom stereocenters. The quantitative estimate of drug-likeness (QED) is 0.864. The summed E-state index contributed by atoms with van der Waals surface area (Å²) in [5.74, 6) is -2.21. The summed E-state index contributed by atoms with van der Waals surface area (Å²) in [6.45, 7) is 0. The molecule has 0 aliphatic heterocycles. The topological polar surface area (TPSA) is 37.3 Å². The number of benzene rings is 2. The number of carbonyl (C=O) groups is 1. The third-order valence-electron chi connectivity index (χ3n) is 3.01. The SMILES string of the molecule is O=C(O)C(Cc1ccc(Br)cc1F)c1ccc(Cl)cc1. The Bertz CT molecular complexity index is 628. The van der Waals surface area contributed by atoms with Gasteiger partial charge in [-0.2, -0.15) is 0 Å². The molecule has 0 aliphatic rings. The molecule has 2 nitrogen and oxygen atoms in total. The molecule has 0 saturated heterocycles. The Balaban J connectivity index is 2.30. The van der Waals surface area contributed by atoms with Gasteiger partial charge in [0.05, 0.1) is 5.92 Å². The summed E-state index contributed by atoms with van der Waals surface area (Å²) in [6.07, 6.45) is 0.0933. The van der Waals surface area contributed by atoms with Crippen LogP contribution >= 0.6 is 27.5 Å². The molecule has 2 aromatic carbocycles. The molecule has 0 bridgehead atoms. The van der Waals surface area contributed by atoms with E-state index < -0.39 is 17.7 Å². The van der Waals surface area contributed by atoms with E-state index >= 15 is 0 Å². The van der Waals surface area contributed by atoms with Crippen LogP contribution in [0.25, 0.3) is 0 Å². The first-order valence-electron chi connectivity index (χ1n) is 5.89. The van der Waals surface area contributed by atoms with Crippen molar-refractivity contribution in [2.45, 2.75) is 12.3 Å². The normalized spacial score (nSPS) is 12.2. The molecular weight excluding hydrogens is 347 g/mol. The van der Waals surface area contributed by atoms with E-state index in [2.05, 4.69) is 15.9 Å². The number of hydrogen-bond donors (Lipinski definition) is 1. The Morgan fingerprint density at radius 3 is 2.45 bits per heavy atom. The fourth-order valence-electron chi connectivity index (χ4n) is 1.95. The highest BCUT2D eigenvalue weighted by Crippen LogP contribution is 2.25. The van der Waals surface area contributed by atoms with Crippen LogP contribution in [0, 0.1) is 5.82 Å². The molecule has 0 aromatic heterocycles. The molecule has 0 fully saturated rings. The van der Waals surface area contributed by atoms with E-state index in [1.54, 1.807) is 36.4 Å². The lowest BCUT2D eigenvalue weighted by molar-refractivity contribution is -0.138. The number of halogens is 3. The Hall–Kier alpha value is -1.39. The zero-order valence-corrected chi connectivity index (χ0v) is 12.7. The van der Waals surface area contributed by atoms with Gasteiger partial charge < -0.3 is 5.11 Å². The van der Waals surface area contributed by atoms with Gasteiger partial charge in [0.25, 0.3) is 0 Å². The highest BCUT2D eigenvalue weighted by Gasteiger charge is 2.21. The van der Waals surface area contributed by atoms with Gasteiger partial charge in [0.15, 0.2) is 0 Å². The van der Waals surface area contributed by atoms with Crippen molar-refractivity contribution < 1.29 is 14.3 Å². The molecule has 104 valence electrons. The summed E-state index contributed by atoms with van der Waals surface area (Å²) in [6, 6.07) is 11.2. The third-order valence-corrected chi connectivity index (χ3v) is 3.75. The van der Waals surface area contributed by atoms with E-state index in [9.17, 15) is 14.3 Å². The van der Waals surface area contributed by atoms with Crippen molar-refractivity contribution in [2.24, 2.45) is 0 Å². The van der Waals surface area contributed by atoms with Gasteiger partial charge in [-0.05, 0) is 41.8 Å². The zero-order valence-electron chi connectivity index (χ0n) is 10.3. The number of hydrogen-bond acceptors (Lipinski definition) is 1. The second-order valence-corrected chi connectivity index (χ2v) is 5.73. The molecule has 1 N–H and O–H groups in total. The van der Waals surface area contributed by atoms with Crippen LogP contribution in [0.2, 0.25) is 5.02 Å². The van der Waals surface area contributed by atoms with E-state index in [4.69, 9.17) is 11.6 Å². The average molecular weight is 358 g/mol. The largest absolute Gasteiger partial charge is 0.481 e. The summed E-state index contributed by atoms with van der Waals surface area (Å²) < 4.78 is 14.4. The first-order chi connectivity index (χ1) is 9.47. The molecule has 2 aromatic rings. The van der Waals surface area contributed by atoms with E-state index in [1.807, 2.05) is 0 Å². The minimum absolute atomic E-state index is 0.0933. The number of carboxylic acid groups (broad SMARTS) is 1. The zero-order chi connectivity index (χ0) is 14.7. The van der Waals surface area contributed by atoms with Crippen LogP contribution in [-0.4, -0.2) is 11.1 Å². The van der Waals surface area contributed by atoms with Gasteiger partial charge in [-0.3, -0.25) is 4.79 Å². The second kappa shape index (κ2) is 6.37. The number of aliphatic carboxylic acids is 1. The minimum atomic E-state index is -0.991. The molecule has 0 radical (unpaired) electrons. The molecule has 1 unspecified atom stereocenters.